The summed E-state index contributed by atoms with van der Waals surface area (Å²) in [5, 5.41) is 0. The number of benzene rings is 1. The van der Waals surface area contributed by atoms with E-state index in [2.05, 4.69) is 34.6 Å². The molecule has 0 aromatic heterocycles. The molecule has 0 aliphatic rings. The van der Waals surface area contributed by atoms with Crippen LogP contribution < -0.4 is 0 Å². The van der Waals surface area contributed by atoms with Gasteiger partial charge in [-0.25, -0.2) is 0 Å². The molecule has 0 nitrogen and oxygen atoms in total. The Kier molecular flexibility index (Phi) is 4.47. The second-order valence-corrected chi connectivity index (χ2v) is 4.32. The van der Waals surface area contributed by atoms with Gasteiger partial charge in [-0.1, -0.05) is 15.9 Å². The lowest BCUT2D eigenvalue weighted by Crippen LogP contribution is -1.87. The maximum Gasteiger partial charge on any atom is 0.0226 e. The highest BCUT2D eigenvalue weighted by Crippen LogP contribution is 2.21. The zero-order chi connectivity index (χ0) is 8.97. The molecule has 0 fully saturated rings. The van der Waals surface area contributed by atoms with Gasteiger partial charge in [0, 0.05) is 15.2 Å². The Hall–Kier alpha value is 0.340. The minimum absolute atomic E-state index is 0.712. The third-order valence-electron chi connectivity index (χ3n) is 1.61. The molecule has 0 unspecified atom stereocenters. The average molecular weight is 266 g/mol. The van der Waals surface area contributed by atoms with Crippen molar-refractivity contribution >= 4 is 40.2 Å². The average Bonchev–Trinajstić information content (AvgIpc) is 2.07. The Bertz CT molecular complexity index is 263. The van der Waals surface area contributed by atoms with E-state index < -0.39 is 0 Å². The summed E-state index contributed by atoms with van der Waals surface area (Å²) in [6.07, 6.45) is 2.02. The summed E-state index contributed by atoms with van der Waals surface area (Å²) in [6, 6.07) is 6.06. The smallest absolute Gasteiger partial charge is 0.0226 e. The van der Waals surface area contributed by atoms with Crippen molar-refractivity contribution < 1.29 is 0 Å². The van der Waals surface area contributed by atoms with Crippen molar-refractivity contribution in [1.82, 2.24) is 0 Å². The predicted octanol–water partition coefficient (Wildman–Crippen LogP) is 3.91. The molecule has 3 heteroatoms. The Morgan fingerprint density at radius 2 is 2.17 bits per heavy atom. The highest BCUT2D eigenvalue weighted by atomic mass is 79.9. The Morgan fingerprint density at radius 3 is 2.83 bits per heavy atom. The number of aryl methyl sites for hydroxylation is 1. The maximum absolute atomic E-state index is 5.61. The van der Waals surface area contributed by atoms with Crippen molar-refractivity contribution in [3.8, 4) is 0 Å². The molecule has 0 saturated carbocycles. The summed E-state index contributed by atoms with van der Waals surface area (Å²) in [7, 11) is 0. The van der Waals surface area contributed by atoms with E-state index in [0.717, 1.165) is 22.2 Å². The van der Waals surface area contributed by atoms with E-state index in [4.69, 9.17) is 11.6 Å². The van der Waals surface area contributed by atoms with Crippen LogP contribution in [-0.2, 0) is 6.42 Å². The summed E-state index contributed by atoms with van der Waals surface area (Å²) in [6.45, 7) is 0. The number of halogens is 2. The first kappa shape index (κ1) is 10.4. The quantitative estimate of drug-likeness (QED) is 0.622. The third-order valence-corrected chi connectivity index (χ3v) is 2.93. The molecule has 12 heavy (non-hydrogen) atoms. The molecule has 0 atom stereocenters. The molecule has 1 rings (SSSR count). The van der Waals surface area contributed by atoms with Gasteiger partial charge < -0.3 is 0 Å². The summed E-state index contributed by atoms with van der Waals surface area (Å²) in [5.74, 6) is 0.712. The van der Waals surface area contributed by atoms with Crippen LogP contribution in [-0.4, -0.2) is 5.88 Å². The van der Waals surface area contributed by atoms with E-state index in [9.17, 15) is 0 Å². The molecular weight excluding hydrogens is 256 g/mol. The van der Waals surface area contributed by atoms with E-state index in [1.54, 1.807) is 0 Å². The molecule has 0 N–H and O–H groups in total. The van der Waals surface area contributed by atoms with E-state index >= 15 is 0 Å². The van der Waals surface area contributed by atoms with Gasteiger partial charge in [0.25, 0.3) is 0 Å². The molecule has 0 spiro atoms. The van der Waals surface area contributed by atoms with Crippen molar-refractivity contribution in [2.45, 2.75) is 17.7 Å². The molecule has 0 heterocycles. The summed E-state index contributed by atoms with van der Waals surface area (Å²) in [4.78, 5) is 1.00. The van der Waals surface area contributed by atoms with Crippen molar-refractivity contribution in [1.29, 1.82) is 0 Å². The summed E-state index contributed by atoms with van der Waals surface area (Å²) >= 11 is 13.4. The van der Waals surface area contributed by atoms with Crippen LogP contribution in [0.25, 0.3) is 0 Å². The first-order valence-electron chi connectivity index (χ1n) is 3.77. The predicted molar refractivity (Wildman–Crippen MR) is 60.4 cm³/mol. The fourth-order valence-electron chi connectivity index (χ4n) is 1.01. The number of hydrogen-bond donors (Lipinski definition) is 1. The molecule has 66 valence electrons. The molecule has 1 aromatic carbocycles. The highest BCUT2D eigenvalue weighted by molar-refractivity contribution is 9.10. The molecule has 0 radical (unpaired) electrons. The highest BCUT2D eigenvalue weighted by Gasteiger charge is 1.99. The van der Waals surface area contributed by atoms with Gasteiger partial charge in [-0.05, 0) is 36.6 Å². The standard InChI is InChI=1S/C9H10BrClS/c10-9-4-3-8(12)6-7(9)2-1-5-11/h3-4,6,12H,1-2,5H2. The molecular formula is C9H10BrClS. The molecule has 0 bridgehead atoms. The van der Waals surface area contributed by atoms with Crippen LogP contribution in [0.1, 0.15) is 12.0 Å². The number of hydrogen-bond acceptors (Lipinski definition) is 1. The van der Waals surface area contributed by atoms with Gasteiger partial charge in [-0.15, -0.1) is 24.2 Å². The van der Waals surface area contributed by atoms with E-state index in [1.807, 2.05) is 12.1 Å². The Labute approximate surface area is 91.9 Å². The van der Waals surface area contributed by atoms with Crippen LogP contribution in [0.5, 0.6) is 0 Å². The first-order chi connectivity index (χ1) is 5.74. The topological polar surface area (TPSA) is 0 Å². The van der Waals surface area contributed by atoms with E-state index in [0.29, 0.717) is 5.88 Å². The van der Waals surface area contributed by atoms with Gasteiger partial charge in [0.15, 0.2) is 0 Å². The largest absolute Gasteiger partial charge is 0.143 e. The van der Waals surface area contributed by atoms with Crippen LogP contribution in [0.3, 0.4) is 0 Å². The molecule has 0 saturated heterocycles. The maximum atomic E-state index is 5.61. The SMILES string of the molecule is Sc1ccc(Br)c(CCCCl)c1. The lowest BCUT2D eigenvalue weighted by Gasteiger charge is -2.03. The van der Waals surface area contributed by atoms with E-state index in [1.165, 1.54) is 5.56 Å². The zero-order valence-corrected chi connectivity index (χ0v) is 9.79. The number of rotatable bonds is 3. The van der Waals surface area contributed by atoms with Gasteiger partial charge in [0.05, 0.1) is 0 Å². The van der Waals surface area contributed by atoms with Crippen LogP contribution in [0, 0.1) is 0 Å². The van der Waals surface area contributed by atoms with Crippen LogP contribution in [0.4, 0.5) is 0 Å². The summed E-state index contributed by atoms with van der Waals surface area (Å²) < 4.78 is 1.14. The van der Waals surface area contributed by atoms with Crippen LogP contribution >= 0.6 is 40.2 Å². The number of alkyl halides is 1. The lowest BCUT2D eigenvalue weighted by atomic mass is 10.1. The summed E-state index contributed by atoms with van der Waals surface area (Å²) in [5.41, 5.74) is 1.28. The normalized spacial score (nSPS) is 10.2. The fourth-order valence-corrected chi connectivity index (χ4v) is 1.82. The van der Waals surface area contributed by atoms with E-state index in [-0.39, 0.29) is 0 Å². The van der Waals surface area contributed by atoms with Gasteiger partial charge in [0.1, 0.15) is 0 Å². The van der Waals surface area contributed by atoms with Gasteiger partial charge >= 0.3 is 0 Å². The van der Waals surface area contributed by atoms with Crippen LogP contribution in [0.15, 0.2) is 27.6 Å². The van der Waals surface area contributed by atoms with Gasteiger partial charge in [-0.2, -0.15) is 0 Å². The minimum Gasteiger partial charge on any atom is -0.143 e. The third kappa shape index (κ3) is 3.00. The second kappa shape index (κ2) is 5.15. The Balaban J connectivity index is 2.75. The van der Waals surface area contributed by atoms with Crippen molar-refractivity contribution in [2.75, 3.05) is 5.88 Å². The molecule has 0 amide bonds. The van der Waals surface area contributed by atoms with Gasteiger partial charge in [0.2, 0.25) is 0 Å². The fraction of sp³-hybridized carbons (Fsp3) is 0.333. The second-order valence-electron chi connectivity index (χ2n) is 2.57. The van der Waals surface area contributed by atoms with Crippen LogP contribution in [0.2, 0.25) is 0 Å². The van der Waals surface area contributed by atoms with Gasteiger partial charge in [-0.3, -0.25) is 0 Å². The lowest BCUT2D eigenvalue weighted by molar-refractivity contribution is 0.919. The Morgan fingerprint density at radius 1 is 1.42 bits per heavy atom. The van der Waals surface area contributed by atoms with Crippen molar-refractivity contribution in [3.63, 3.8) is 0 Å². The first-order valence-corrected chi connectivity index (χ1v) is 5.55. The monoisotopic (exact) mass is 264 g/mol. The molecule has 1 aromatic rings. The number of thiol groups is 1. The zero-order valence-electron chi connectivity index (χ0n) is 6.56. The minimum atomic E-state index is 0.712. The van der Waals surface area contributed by atoms with Crippen molar-refractivity contribution in [2.24, 2.45) is 0 Å². The molecule has 0 aliphatic carbocycles. The molecule has 0 aliphatic heterocycles. The van der Waals surface area contributed by atoms with Crippen molar-refractivity contribution in [3.05, 3.63) is 28.2 Å².